The third-order valence-electron chi connectivity index (χ3n) is 3.06. The van der Waals surface area contributed by atoms with Crippen molar-refractivity contribution in [2.75, 3.05) is 6.54 Å². The summed E-state index contributed by atoms with van der Waals surface area (Å²) in [6.07, 6.45) is 8.42. The molecule has 0 unspecified atom stereocenters. The van der Waals surface area contributed by atoms with Crippen LogP contribution < -0.4 is 0 Å². The Labute approximate surface area is 114 Å². The lowest BCUT2D eigenvalue weighted by Gasteiger charge is -2.20. The number of carbonyl (C=O) groups is 1. The normalized spacial score (nSPS) is 20.9. The molecule has 1 rings (SSSR count). The van der Waals surface area contributed by atoms with Gasteiger partial charge in [0.15, 0.2) is 5.78 Å². The second-order valence-electron chi connectivity index (χ2n) is 5.41. The third kappa shape index (κ3) is 5.20. The Morgan fingerprint density at radius 3 is 2.84 bits per heavy atom. The van der Waals surface area contributed by atoms with Crippen molar-refractivity contribution >= 4 is 18.2 Å². The van der Waals surface area contributed by atoms with Gasteiger partial charge in [-0.3, -0.25) is 14.8 Å². The molecule has 4 heteroatoms. The predicted octanol–water partition coefficient (Wildman–Crippen LogP) is 3.25. The molecule has 104 valence electrons. The summed E-state index contributed by atoms with van der Waals surface area (Å²) < 4.78 is 0. The number of aliphatic hydroxyl groups excluding tert-OH is 1. The smallest absolute Gasteiger partial charge is 0.168 e. The first kappa shape index (κ1) is 15.3. The van der Waals surface area contributed by atoms with Crippen LogP contribution in [-0.2, 0) is 4.79 Å². The van der Waals surface area contributed by atoms with Crippen LogP contribution in [0.25, 0.3) is 0 Å². The third-order valence-corrected chi connectivity index (χ3v) is 3.06. The summed E-state index contributed by atoms with van der Waals surface area (Å²) in [6.45, 7) is 6.38. The molecule has 1 aliphatic carbocycles. The fourth-order valence-corrected chi connectivity index (χ4v) is 1.92. The van der Waals surface area contributed by atoms with Crippen molar-refractivity contribution in [3.05, 3.63) is 23.6 Å². The van der Waals surface area contributed by atoms with Gasteiger partial charge in [-0.05, 0) is 24.8 Å². The highest BCUT2D eigenvalue weighted by molar-refractivity contribution is 6.14. The average molecular weight is 262 g/mol. The van der Waals surface area contributed by atoms with E-state index in [-0.39, 0.29) is 17.0 Å². The molecular weight excluding hydrogens is 240 g/mol. The maximum absolute atomic E-state index is 12.1. The number of ketones is 1. The molecule has 0 atom stereocenters. The number of nitrogens with zero attached hydrogens (tertiary/aromatic N) is 2. The summed E-state index contributed by atoms with van der Waals surface area (Å²) in [6, 6.07) is 0. The topological polar surface area (TPSA) is 62.0 Å². The lowest BCUT2D eigenvalue weighted by molar-refractivity contribution is -0.116. The molecule has 1 aliphatic rings. The summed E-state index contributed by atoms with van der Waals surface area (Å²) in [5, 5.41) is 9.92. The average Bonchev–Trinajstić information content (AvgIpc) is 2.43. The van der Waals surface area contributed by atoms with Crippen molar-refractivity contribution in [3.8, 4) is 0 Å². The number of hydrogen-bond donors (Lipinski definition) is 1. The molecule has 0 amide bonds. The van der Waals surface area contributed by atoms with E-state index in [1.54, 1.807) is 18.5 Å². The summed E-state index contributed by atoms with van der Waals surface area (Å²) in [5.41, 5.74) is 0.300. The van der Waals surface area contributed by atoms with Crippen LogP contribution in [0.5, 0.6) is 0 Å². The highest BCUT2D eigenvalue weighted by Gasteiger charge is 2.28. The number of allylic oxidation sites excluding steroid dienone is 2. The van der Waals surface area contributed by atoms with E-state index in [4.69, 9.17) is 0 Å². The van der Waals surface area contributed by atoms with Gasteiger partial charge in [-0.2, -0.15) is 0 Å². The Morgan fingerprint density at radius 2 is 2.16 bits per heavy atom. The first-order valence-electron chi connectivity index (χ1n) is 6.54. The molecule has 0 heterocycles. The number of Topliss-reactive ketones (excluding diaryl/α,β-unsaturated/α-hetero) is 1. The number of rotatable bonds is 4. The Bertz CT molecular complexity index is 443. The van der Waals surface area contributed by atoms with E-state index in [9.17, 15) is 9.90 Å². The van der Waals surface area contributed by atoms with Crippen molar-refractivity contribution in [1.82, 2.24) is 0 Å². The van der Waals surface area contributed by atoms with Gasteiger partial charge in [0.1, 0.15) is 5.76 Å². The minimum atomic E-state index is -0.0591. The van der Waals surface area contributed by atoms with Crippen LogP contribution >= 0.6 is 0 Å². The van der Waals surface area contributed by atoms with Crippen molar-refractivity contribution in [2.45, 2.75) is 40.0 Å². The molecule has 0 aromatic rings. The Hall–Kier alpha value is -1.71. The molecule has 0 aromatic heterocycles. The van der Waals surface area contributed by atoms with Gasteiger partial charge >= 0.3 is 0 Å². The summed E-state index contributed by atoms with van der Waals surface area (Å²) in [7, 11) is 0. The molecule has 0 aromatic carbocycles. The van der Waals surface area contributed by atoms with Gasteiger partial charge < -0.3 is 5.11 Å². The zero-order valence-electron chi connectivity index (χ0n) is 11.9. The minimum absolute atomic E-state index is 0.0284. The predicted molar refractivity (Wildman–Crippen MR) is 79.0 cm³/mol. The fourth-order valence-electron chi connectivity index (χ4n) is 1.92. The molecule has 0 spiro atoms. The van der Waals surface area contributed by atoms with E-state index < -0.39 is 0 Å². The van der Waals surface area contributed by atoms with Gasteiger partial charge in [-0.15, -0.1) is 0 Å². The van der Waals surface area contributed by atoms with Crippen LogP contribution in [0.2, 0.25) is 0 Å². The van der Waals surface area contributed by atoms with Gasteiger partial charge in [0.05, 0.1) is 12.1 Å². The summed E-state index contributed by atoms with van der Waals surface area (Å²) in [5.74, 6) is 0.134. The number of hydrogen-bond acceptors (Lipinski definition) is 4. The second kappa shape index (κ2) is 7.02. The maximum atomic E-state index is 12.1. The van der Waals surface area contributed by atoms with Crippen LogP contribution in [0.4, 0.5) is 0 Å². The summed E-state index contributed by atoms with van der Waals surface area (Å²) >= 11 is 0. The molecule has 1 N–H and O–H groups in total. The Balaban J connectivity index is 2.69. The lowest BCUT2D eigenvalue weighted by atomic mass is 9.84. The second-order valence-corrected chi connectivity index (χ2v) is 5.41. The molecule has 0 fully saturated rings. The molecule has 19 heavy (non-hydrogen) atoms. The van der Waals surface area contributed by atoms with E-state index in [2.05, 4.69) is 9.98 Å². The van der Waals surface area contributed by atoms with Crippen LogP contribution in [0.1, 0.15) is 40.0 Å². The highest BCUT2D eigenvalue weighted by atomic mass is 16.3. The standard InChI is InChI=1S/C15H22N2O2/c1-4-16-8-5-9-17-11-12-13(18)6-7-15(2,3)10-14(12)19/h4-5,8,11,18H,6-7,9-10H2,1-3H3/b8-5-,16-4?,17-11?. The van der Waals surface area contributed by atoms with Crippen molar-refractivity contribution in [1.29, 1.82) is 0 Å². The van der Waals surface area contributed by atoms with E-state index in [0.29, 0.717) is 25.0 Å². The lowest BCUT2D eigenvalue weighted by Crippen LogP contribution is -2.16. The monoisotopic (exact) mass is 262 g/mol. The van der Waals surface area contributed by atoms with Crippen LogP contribution in [0.15, 0.2) is 33.6 Å². The van der Waals surface area contributed by atoms with Gasteiger partial charge in [0, 0.05) is 31.5 Å². The van der Waals surface area contributed by atoms with E-state index in [0.717, 1.165) is 6.42 Å². The molecule has 4 nitrogen and oxygen atoms in total. The molecular formula is C15H22N2O2. The van der Waals surface area contributed by atoms with Gasteiger partial charge in [0.2, 0.25) is 0 Å². The van der Waals surface area contributed by atoms with E-state index >= 15 is 0 Å². The van der Waals surface area contributed by atoms with Crippen LogP contribution in [0, 0.1) is 5.41 Å². The van der Waals surface area contributed by atoms with Gasteiger partial charge in [-0.25, -0.2) is 0 Å². The molecule has 0 radical (unpaired) electrons. The van der Waals surface area contributed by atoms with Gasteiger partial charge in [0.25, 0.3) is 0 Å². The maximum Gasteiger partial charge on any atom is 0.168 e. The Kier molecular flexibility index (Phi) is 5.67. The number of carbonyl (C=O) groups excluding carboxylic acids is 1. The number of aliphatic hydroxyl groups is 1. The van der Waals surface area contributed by atoms with Crippen molar-refractivity contribution in [2.24, 2.45) is 15.4 Å². The van der Waals surface area contributed by atoms with Gasteiger partial charge in [-0.1, -0.05) is 13.8 Å². The summed E-state index contributed by atoms with van der Waals surface area (Å²) in [4.78, 5) is 20.1. The number of aliphatic imine (C=N–C) groups is 2. The fraction of sp³-hybridized carbons (Fsp3) is 0.533. The molecule has 0 bridgehead atoms. The SMILES string of the molecule is CC=N/C=C\CN=CC1=C(O)CCC(C)(C)CC1=O. The Morgan fingerprint density at radius 1 is 1.42 bits per heavy atom. The van der Waals surface area contributed by atoms with E-state index in [1.807, 2.05) is 20.8 Å². The van der Waals surface area contributed by atoms with Crippen molar-refractivity contribution < 1.29 is 9.90 Å². The van der Waals surface area contributed by atoms with Crippen LogP contribution in [-0.4, -0.2) is 29.9 Å². The van der Waals surface area contributed by atoms with E-state index in [1.165, 1.54) is 6.21 Å². The molecule has 0 saturated carbocycles. The molecule has 0 saturated heterocycles. The quantitative estimate of drug-likeness (QED) is 0.790. The first-order chi connectivity index (χ1) is 8.96. The van der Waals surface area contributed by atoms with Crippen LogP contribution in [0.3, 0.4) is 0 Å². The zero-order valence-corrected chi connectivity index (χ0v) is 11.9. The highest BCUT2D eigenvalue weighted by Crippen LogP contribution is 2.33. The minimum Gasteiger partial charge on any atom is -0.512 e. The molecule has 0 aliphatic heterocycles. The first-order valence-corrected chi connectivity index (χ1v) is 6.54. The zero-order chi connectivity index (χ0) is 14.3. The largest absolute Gasteiger partial charge is 0.512 e. The van der Waals surface area contributed by atoms with Crippen molar-refractivity contribution in [3.63, 3.8) is 0 Å².